The molecular weight excluding hydrogens is 288 g/mol. The van der Waals surface area contributed by atoms with Crippen molar-refractivity contribution in [2.24, 2.45) is 5.41 Å². The maximum Gasteiger partial charge on any atom is 0.310 e. The Balaban J connectivity index is 2.81. The highest BCUT2D eigenvalue weighted by Gasteiger charge is 2.45. The van der Waals surface area contributed by atoms with Gasteiger partial charge in [0, 0.05) is 9.65 Å². The highest BCUT2D eigenvalue weighted by Crippen LogP contribution is 2.43. The number of carboxylic acid groups (broad SMARTS) is 1. The van der Waals surface area contributed by atoms with E-state index in [0.717, 1.165) is 19.3 Å². The minimum Gasteiger partial charge on any atom is -0.481 e. The van der Waals surface area contributed by atoms with Crippen LogP contribution in [0, 0.1) is 5.41 Å². The largest absolute Gasteiger partial charge is 0.481 e. The van der Waals surface area contributed by atoms with Gasteiger partial charge in [-0.05, 0) is 19.8 Å². The molecule has 2 nitrogen and oxygen atoms in total. The second kappa shape index (κ2) is 3.66. The molecule has 1 saturated carbocycles. The van der Waals surface area contributed by atoms with Crippen molar-refractivity contribution in [1.82, 2.24) is 0 Å². The van der Waals surface area contributed by atoms with E-state index in [1.807, 2.05) is 6.92 Å². The fourth-order valence-electron chi connectivity index (χ4n) is 1.57. The van der Waals surface area contributed by atoms with Crippen molar-refractivity contribution in [3.05, 3.63) is 0 Å². The van der Waals surface area contributed by atoms with Crippen LogP contribution in [-0.4, -0.2) is 20.7 Å². The van der Waals surface area contributed by atoms with Crippen LogP contribution in [-0.2, 0) is 4.79 Å². The molecule has 0 aromatic heterocycles. The Morgan fingerprint density at radius 1 is 1.58 bits per heavy atom. The summed E-state index contributed by atoms with van der Waals surface area (Å²) in [5.74, 6) is -0.700. The van der Waals surface area contributed by atoms with Crippen LogP contribution in [0.5, 0.6) is 0 Å². The number of hydrogen-bond donors (Lipinski definition) is 1. The quantitative estimate of drug-likeness (QED) is 0.756. The number of carboxylic acids is 1. The first kappa shape index (κ1) is 10.5. The Morgan fingerprint density at radius 3 is 2.58 bits per heavy atom. The maximum absolute atomic E-state index is 11.0. The van der Waals surface area contributed by atoms with Gasteiger partial charge in [0.2, 0.25) is 0 Å². The molecule has 0 spiro atoms. The number of carbonyl (C=O) groups is 1. The first-order chi connectivity index (χ1) is 5.48. The number of halogens is 2. The Bertz CT molecular complexity index is 195. The predicted molar refractivity (Wildman–Crippen MR) is 55.0 cm³/mol. The van der Waals surface area contributed by atoms with Gasteiger partial charge in [0.1, 0.15) is 0 Å². The van der Waals surface area contributed by atoms with Crippen LogP contribution in [0.3, 0.4) is 0 Å². The number of alkyl halides is 2. The lowest BCUT2D eigenvalue weighted by Gasteiger charge is -2.37. The third kappa shape index (κ3) is 1.69. The van der Waals surface area contributed by atoms with E-state index in [9.17, 15) is 4.79 Å². The molecule has 0 saturated heterocycles. The SMILES string of the molecule is CC1(C(=O)O)CCCC(Br)C1Br. The van der Waals surface area contributed by atoms with Crippen LogP contribution in [0.15, 0.2) is 0 Å². The molecule has 0 amide bonds. The second-order valence-electron chi connectivity index (χ2n) is 3.53. The predicted octanol–water partition coefficient (Wildman–Crippen LogP) is 2.79. The van der Waals surface area contributed by atoms with Crippen molar-refractivity contribution in [3.63, 3.8) is 0 Å². The monoisotopic (exact) mass is 298 g/mol. The van der Waals surface area contributed by atoms with E-state index in [1.165, 1.54) is 0 Å². The summed E-state index contributed by atoms with van der Waals surface area (Å²) in [5.41, 5.74) is -0.605. The van der Waals surface area contributed by atoms with Crippen LogP contribution in [0.1, 0.15) is 26.2 Å². The van der Waals surface area contributed by atoms with Crippen LogP contribution in [0.25, 0.3) is 0 Å². The van der Waals surface area contributed by atoms with E-state index in [0.29, 0.717) is 0 Å². The lowest BCUT2D eigenvalue weighted by atomic mass is 9.76. The zero-order valence-electron chi connectivity index (χ0n) is 6.89. The molecule has 1 N–H and O–H groups in total. The van der Waals surface area contributed by atoms with Gasteiger partial charge >= 0.3 is 5.97 Å². The van der Waals surface area contributed by atoms with Gasteiger partial charge < -0.3 is 5.11 Å². The second-order valence-corrected chi connectivity index (χ2v) is 5.70. The Morgan fingerprint density at radius 2 is 2.17 bits per heavy atom. The Hall–Kier alpha value is 0.430. The Kier molecular flexibility index (Phi) is 3.21. The molecule has 1 aliphatic carbocycles. The van der Waals surface area contributed by atoms with Crippen LogP contribution >= 0.6 is 31.9 Å². The van der Waals surface area contributed by atoms with E-state index < -0.39 is 11.4 Å². The fraction of sp³-hybridized carbons (Fsp3) is 0.875. The van der Waals surface area contributed by atoms with Gasteiger partial charge in [-0.3, -0.25) is 4.79 Å². The third-order valence-electron chi connectivity index (χ3n) is 2.59. The van der Waals surface area contributed by atoms with Gasteiger partial charge in [0.15, 0.2) is 0 Å². The smallest absolute Gasteiger partial charge is 0.310 e. The summed E-state index contributed by atoms with van der Waals surface area (Å²) in [6, 6.07) is 0. The molecular formula is C8H12Br2O2. The third-order valence-corrected chi connectivity index (χ3v) is 5.94. The zero-order chi connectivity index (χ0) is 9.35. The van der Waals surface area contributed by atoms with Crippen molar-refractivity contribution in [1.29, 1.82) is 0 Å². The van der Waals surface area contributed by atoms with Gasteiger partial charge in [-0.15, -0.1) is 0 Å². The normalized spacial score (nSPS) is 42.6. The molecule has 0 radical (unpaired) electrons. The van der Waals surface area contributed by atoms with Crippen molar-refractivity contribution in [2.45, 2.75) is 35.8 Å². The highest BCUT2D eigenvalue weighted by molar-refractivity contribution is 9.12. The molecule has 1 fully saturated rings. The van der Waals surface area contributed by atoms with Gasteiger partial charge in [0.05, 0.1) is 5.41 Å². The molecule has 1 aliphatic rings. The highest BCUT2D eigenvalue weighted by atomic mass is 79.9. The first-order valence-electron chi connectivity index (χ1n) is 4.00. The lowest BCUT2D eigenvalue weighted by molar-refractivity contribution is -0.149. The van der Waals surface area contributed by atoms with Gasteiger partial charge in [-0.2, -0.15) is 0 Å². The minimum atomic E-state index is -0.700. The Labute approximate surface area is 89.0 Å². The number of hydrogen-bond acceptors (Lipinski definition) is 1. The average molecular weight is 300 g/mol. The van der Waals surface area contributed by atoms with Gasteiger partial charge in [-0.25, -0.2) is 0 Å². The molecule has 4 heteroatoms. The van der Waals surface area contributed by atoms with Gasteiger partial charge in [0.25, 0.3) is 0 Å². The lowest BCUT2D eigenvalue weighted by Crippen LogP contribution is -2.44. The summed E-state index contributed by atoms with van der Waals surface area (Å²) < 4.78 is 0. The summed E-state index contributed by atoms with van der Waals surface area (Å²) in [6.45, 7) is 1.81. The molecule has 0 heterocycles. The molecule has 70 valence electrons. The van der Waals surface area contributed by atoms with E-state index in [-0.39, 0.29) is 9.65 Å². The van der Waals surface area contributed by atoms with E-state index >= 15 is 0 Å². The van der Waals surface area contributed by atoms with Crippen LogP contribution < -0.4 is 0 Å². The fourth-order valence-corrected chi connectivity index (χ4v) is 3.17. The number of rotatable bonds is 1. The summed E-state index contributed by atoms with van der Waals surface area (Å²) in [5, 5.41) is 9.03. The number of aliphatic carboxylic acids is 1. The topological polar surface area (TPSA) is 37.3 Å². The zero-order valence-corrected chi connectivity index (χ0v) is 10.1. The maximum atomic E-state index is 11.0. The molecule has 12 heavy (non-hydrogen) atoms. The van der Waals surface area contributed by atoms with E-state index in [1.54, 1.807) is 0 Å². The van der Waals surface area contributed by atoms with Crippen molar-refractivity contribution in [3.8, 4) is 0 Å². The molecule has 1 rings (SSSR count). The molecule has 3 unspecified atom stereocenters. The molecule has 0 bridgehead atoms. The van der Waals surface area contributed by atoms with Crippen molar-refractivity contribution < 1.29 is 9.90 Å². The minimum absolute atomic E-state index is 0.0382. The molecule has 0 aliphatic heterocycles. The van der Waals surface area contributed by atoms with Crippen LogP contribution in [0.2, 0.25) is 0 Å². The molecule has 3 atom stereocenters. The first-order valence-corrected chi connectivity index (χ1v) is 5.83. The van der Waals surface area contributed by atoms with Crippen LogP contribution in [0.4, 0.5) is 0 Å². The van der Waals surface area contributed by atoms with E-state index in [4.69, 9.17) is 5.11 Å². The standard InChI is InChI=1S/C8H12Br2O2/c1-8(7(11)12)4-2-3-5(9)6(8)10/h5-6H,2-4H2,1H3,(H,11,12). The summed E-state index contributed by atoms with van der Waals surface area (Å²) in [6.07, 6.45) is 2.81. The summed E-state index contributed by atoms with van der Waals surface area (Å²) >= 11 is 6.94. The molecule has 0 aromatic carbocycles. The van der Waals surface area contributed by atoms with Crippen molar-refractivity contribution in [2.75, 3.05) is 0 Å². The summed E-state index contributed by atoms with van der Waals surface area (Å²) in [4.78, 5) is 11.3. The van der Waals surface area contributed by atoms with Crippen molar-refractivity contribution >= 4 is 37.8 Å². The van der Waals surface area contributed by atoms with Gasteiger partial charge in [-0.1, -0.05) is 38.3 Å². The van der Waals surface area contributed by atoms with E-state index in [2.05, 4.69) is 31.9 Å². The average Bonchev–Trinajstić information content (AvgIpc) is 2.00. The summed E-state index contributed by atoms with van der Waals surface area (Å²) in [7, 11) is 0. The molecule has 0 aromatic rings.